The number of nitrogen functional groups attached to an aromatic ring is 1. The highest BCUT2D eigenvalue weighted by molar-refractivity contribution is 7.99. The van der Waals surface area contributed by atoms with Crippen LogP contribution < -0.4 is 10.5 Å². The molecule has 0 heterocycles. The van der Waals surface area contributed by atoms with Crippen molar-refractivity contribution in [1.29, 1.82) is 0 Å². The summed E-state index contributed by atoms with van der Waals surface area (Å²) in [7, 11) is 1.62. The Bertz CT molecular complexity index is 611. The zero-order valence-corrected chi connectivity index (χ0v) is 11.8. The molecule has 0 saturated heterocycles. The summed E-state index contributed by atoms with van der Waals surface area (Å²) in [6.07, 6.45) is -0.0382. The van der Waals surface area contributed by atoms with Gasteiger partial charge in [0.1, 0.15) is 5.75 Å². The molecule has 2 aromatic rings. The largest absolute Gasteiger partial charge is 0.497 e. The highest BCUT2D eigenvalue weighted by Crippen LogP contribution is 2.32. The van der Waals surface area contributed by atoms with Crippen LogP contribution in [0.5, 0.6) is 5.75 Å². The van der Waals surface area contributed by atoms with Gasteiger partial charge in [0.05, 0.1) is 13.5 Å². The lowest BCUT2D eigenvalue weighted by atomic mass is 10.1. The van der Waals surface area contributed by atoms with Crippen molar-refractivity contribution in [2.75, 3.05) is 12.8 Å². The van der Waals surface area contributed by atoms with E-state index in [0.29, 0.717) is 5.69 Å². The monoisotopic (exact) mass is 289 g/mol. The van der Waals surface area contributed by atoms with Crippen LogP contribution in [0.1, 0.15) is 5.56 Å². The van der Waals surface area contributed by atoms with Crippen LogP contribution in [0.25, 0.3) is 0 Å². The van der Waals surface area contributed by atoms with Gasteiger partial charge in [0.25, 0.3) is 0 Å². The summed E-state index contributed by atoms with van der Waals surface area (Å²) in [5.74, 6) is -0.0791. The van der Waals surface area contributed by atoms with Gasteiger partial charge in [0, 0.05) is 15.5 Å². The number of anilines is 1. The minimum Gasteiger partial charge on any atom is -0.497 e. The standard InChI is InChI=1S/C15H15NO3S/c1-19-12-3-5-13(6-4-12)20-14-7-2-11(16)8-10(14)9-15(17)18/h2-8H,9,16H2,1H3,(H,17,18). The molecule has 2 aromatic carbocycles. The van der Waals surface area contributed by atoms with E-state index in [9.17, 15) is 4.79 Å². The molecule has 4 nitrogen and oxygen atoms in total. The van der Waals surface area contributed by atoms with Crippen LogP contribution in [0.2, 0.25) is 0 Å². The summed E-state index contributed by atoms with van der Waals surface area (Å²) in [6.45, 7) is 0. The summed E-state index contributed by atoms with van der Waals surface area (Å²) in [6, 6.07) is 12.9. The third-order valence-corrected chi connectivity index (χ3v) is 3.84. The summed E-state index contributed by atoms with van der Waals surface area (Å²) in [4.78, 5) is 12.8. The number of nitrogens with two attached hydrogens (primary N) is 1. The number of ether oxygens (including phenoxy) is 1. The van der Waals surface area contributed by atoms with Crippen LogP contribution in [0, 0.1) is 0 Å². The molecule has 0 bridgehead atoms. The van der Waals surface area contributed by atoms with Crippen molar-refractivity contribution in [1.82, 2.24) is 0 Å². The van der Waals surface area contributed by atoms with Gasteiger partial charge in [-0.05, 0) is 48.0 Å². The summed E-state index contributed by atoms with van der Waals surface area (Å²) < 4.78 is 5.11. The summed E-state index contributed by atoms with van der Waals surface area (Å²) in [5, 5.41) is 8.95. The van der Waals surface area contributed by atoms with Gasteiger partial charge in [-0.1, -0.05) is 11.8 Å². The zero-order chi connectivity index (χ0) is 14.5. The molecule has 0 radical (unpaired) electrons. The first-order valence-electron chi connectivity index (χ1n) is 6.00. The Morgan fingerprint density at radius 2 is 1.95 bits per heavy atom. The maximum absolute atomic E-state index is 10.9. The second kappa shape index (κ2) is 6.34. The molecular formula is C15H15NO3S. The molecule has 0 unspecified atom stereocenters. The van der Waals surface area contributed by atoms with E-state index in [1.165, 1.54) is 11.8 Å². The lowest BCUT2D eigenvalue weighted by Gasteiger charge is -2.09. The first-order valence-corrected chi connectivity index (χ1v) is 6.82. The second-order valence-corrected chi connectivity index (χ2v) is 5.33. The van der Waals surface area contributed by atoms with E-state index in [4.69, 9.17) is 15.6 Å². The predicted molar refractivity (Wildman–Crippen MR) is 79.3 cm³/mol. The number of aliphatic carboxylic acids is 1. The van der Waals surface area contributed by atoms with Crippen molar-refractivity contribution in [3.63, 3.8) is 0 Å². The molecule has 0 amide bonds. The second-order valence-electron chi connectivity index (χ2n) is 4.22. The third kappa shape index (κ3) is 3.68. The van der Waals surface area contributed by atoms with Gasteiger partial charge in [0.15, 0.2) is 0 Å². The number of hydrogen-bond acceptors (Lipinski definition) is 4. The highest BCUT2D eigenvalue weighted by atomic mass is 32.2. The van der Waals surface area contributed by atoms with Crippen molar-refractivity contribution in [2.24, 2.45) is 0 Å². The van der Waals surface area contributed by atoms with Gasteiger partial charge in [-0.25, -0.2) is 0 Å². The molecule has 0 saturated carbocycles. The van der Waals surface area contributed by atoms with Crippen molar-refractivity contribution in [3.05, 3.63) is 48.0 Å². The summed E-state index contributed by atoms with van der Waals surface area (Å²) >= 11 is 1.51. The molecule has 0 atom stereocenters. The first kappa shape index (κ1) is 14.3. The minimum atomic E-state index is -0.868. The number of benzene rings is 2. The van der Waals surface area contributed by atoms with Crippen LogP contribution in [-0.2, 0) is 11.2 Å². The molecule has 3 N–H and O–H groups in total. The van der Waals surface area contributed by atoms with E-state index >= 15 is 0 Å². The van der Waals surface area contributed by atoms with Gasteiger partial charge in [0.2, 0.25) is 0 Å². The Hall–Kier alpha value is -2.14. The lowest BCUT2D eigenvalue weighted by Crippen LogP contribution is -2.02. The topological polar surface area (TPSA) is 72.5 Å². The van der Waals surface area contributed by atoms with Crippen LogP contribution >= 0.6 is 11.8 Å². The predicted octanol–water partition coefficient (Wildman–Crippen LogP) is 3.06. The number of carboxylic acids is 1. The number of hydrogen-bond donors (Lipinski definition) is 2. The molecule has 0 aromatic heterocycles. The Balaban J connectivity index is 2.25. The van der Waals surface area contributed by atoms with Crippen molar-refractivity contribution < 1.29 is 14.6 Å². The van der Waals surface area contributed by atoms with Crippen LogP contribution in [0.15, 0.2) is 52.3 Å². The Morgan fingerprint density at radius 1 is 1.25 bits per heavy atom. The molecule has 0 spiro atoms. The number of rotatable bonds is 5. The smallest absolute Gasteiger partial charge is 0.307 e. The van der Waals surface area contributed by atoms with Gasteiger partial charge in [-0.2, -0.15) is 0 Å². The van der Waals surface area contributed by atoms with Gasteiger partial charge < -0.3 is 15.6 Å². The van der Waals surface area contributed by atoms with E-state index in [2.05, 4.69) is 0 Å². The van der Waals surface area contributed by atoms with Crippen LogP contribution in [0.3, 0.4) is 0 Å². The van der Waals surface area contributed by atoms with Crippen molar-refractivity contribution in [3.8, 4) is 5.75 Å². The van der Waals surface area contributed by atoms with Crippen LogP contribution in [0.4, 0.5) is 5.69 Å². The molecule has 0 aliphatic rings. The molecular weight excluding hydrogens is 274 g/mol. The highest BCUT2D eigenvalue weighted by Gasteiger charge is 2.09. The Morgan fingerprint density at radius 3 is 2.55 bits per heavy atom. The number of carboxylic acid groups (broad SMARTS) is 1. The average molecular weight is 289 g/mol. The molecule has 5 heteroatoms. The fourth-order valence-electron chi connectivity index (χ4n) is 1.77. The lowest BCUT2D eigenvalue weighted by molar-refractivity contribution is -0.136. The van der Waals surface area contributed by atoms with E-state index in [1.807, 2.05) is 30.3 Å². The van der Waals surface area contributed by atoms with E-state index in [-0.39, 0.29) is 6.42 Å². The molecule has 2 rings (SSSR count). The quantitative estimate of drug-likeness (QED) is 0.828. The van der Waals surface area contributed by atoms with Gasteiger partial charge >= 0.3 is 5.97 Å². The average Bonchev–Trinajstić information content (AvgIpc) is 2.42. The number of carbonyl (C=O) groups is 1. The maximum Gasteiger partial charge on any atom is 0.307 e. The minimum absolute atomic E-state index is 0.0382. The fourth-order valence-corrected chi connectivity index (χ4v) is 2.70. The zero-order valence-electron chi connectivity index (χ0n) is 11.0. The Labute approximate surface area is 121 Å². The SMILES string of the molecule is COc1ccc(Sc2ccc(N)cc2CC(=O)O)cc1. The van der Waals surface area contributed by atoms with Crippen molar-refractivity contribution >= 4 is 23.4 Å². The van der Waals surface area contributed by atoms with E-state index in [0.717, 1.165) is 21.1 Å². The third-order valence-electron chi connectivity index (χ3n) is 2.71. The molecule has 0 aliphatic heterocycles. The molecule has 0 fully saturated rings. The summed E-state index contributed by atoms with van der Waals surface area (Å²) in [5.41, 5.74) is 7.01. The Kier molecular flexibility index (Phi) is 4.53. The first-order chi connectivity index (χ1) is 9.58. The van der Waals surface area contributed by atoms with Crippen molar-refractivity contribution in [2.45, 2.75) is 16.2 Å². The van der Waals surface area contributed by atoms with Gasteiger partial charge in [-0.15, -0.1) is 0 Å². The maximum atomic E-state index is 10.9. The molecule has 104 valence electrons. The van der Waals surface area contributed by atoms with Crippen LogP contribution in [-0.4, -0.2) is 18.2 Å². The molecule has 0 aliphatic carbocycles. The normalized spacial score (nSPS) is 10.2. The fraction of sp³-hybridized carbons (Fsp3) is 0.133. The van der Waals surface area contributed by atoms with E-state index < -0.39 is 5.97 Å². The van der Waals surface area contributed by atoms with Gasteiger partial charge in [-0.3, -0.25) is 4.79 Å². The van der Waals surface area contributed by atoms with E-state index in [1.54, 1.807) is 19.2 Å². The number of methoxy groups -OCH3 is 1. The molecule has 20 heavy (non-hydrogen) atoms.